The number of esters is 1. The third-order valence-electron chi connectivity index (χ3n) is 1.23. The predicted molar refractivity (Wildman–Crippen MR) is 47.5 cm³/mol. The van der Waals surface area contributed by atoms with Gasteiger partial charge in [-0.3, -0.25) is 9.59 Å². The van der Waals surface area contributed by atoms with Crippen LogP contribution in [0.2, 0.25) is 0 Å². The van der Waals surface area contributed by atoms with E-state index in [1.165, 1.54) is 0 Å². The van der Waals surface area contributed by atoms with Gasteiger partial charge in [-0.15, -0.1) is 5.06 Å². The Bertz CT molecular complexity index is 274. The third kappa shape index (κ3) is 6.22. The van der Waals surface area contributed by atoms with Gasteiger partial charge in [0, 0.05) is 6.08 Å². The van der Waals surface area contributed by atoms with E-state index in [9.17, 15) is 14.4 Å². The summed E-state index contributed by atoms with van der Waals surface area (Å²) in [6.45, 7) is 2.05. The molecule has 0 saturated heterocycles. The second kappa shape index (κ2) is 6.55. The second-order valence-electron chi connectivity index (χ2n) is 2.38. The molecule has 0 heterocycles. The monoisotopic (exact) mass is 217 g/mol. The molecule has 0 unspecified atom stereocenters. The molecule has 0 rings (SSSR count). The Balaban J connectivity index is 4.29. The van der Waals surface area contributed by atoms with Crippen LogP contribution in [0.3, 0.4) is 0 Å². The normalized spacial score (nSPS) is 9.47. The van der Waals surface area contributed by atoms with Crippen molar-refractivity contribution in [1.82, 2.24) is 5.06 Å². The average molecular weight is 217 g/mol. The van der Waals surface area contributed by atoms with E-state index in [4.69, 9.17) is 5.11 Å². The number of carboxylic acid groups (broad SMARTS) is 1. The molecular weight excluding hydrogens is 206 g/mol. The van der Waals surface area contributed by atoms with Gasteiger partial charge in [0.05, 0.1) is 7.11 Å². The molecule has 7 heteroatoms. The number of rotatable bonds is 6. The molecule has 0 aromatic heterocycles. The lowest BCUT2D eigenvalue weighted by Gasteiger charge is -2.16. The number of aliphatic carboxylic acids is 1. The second-order valence-corrected chi connectivity index (χ2v) is 2.38. The van der Waals surface area contributed by atoms with Crippen molar-refractivity contribution in [3.05, 3.63) is 12.7 Å². The molecule has 0 aliphatic heterocycles. The molecule has 0 spiro atoms. The summed E-state index contributed by atoms with van der Waals surface area (Å²) in [6, 6.07) is 0. The highest BCUT2D eigenvalue weighted by Crippen LogP contribution is 1.93. The number of ether oxygens (including phenoxy) is 1. The van der Waals surface area contributed by atoms with E-state index < -0.39 is 31.0 Å². The molecule has 15 heavy (non-hydrogen) atoms. The first-order valence-corrected chi connectivity index (χ1v) is 3.87. The van der Waals surface area contributed by atoms with Crippen LogP contribution < -0.4 is 0 Å². The Morgan fingerprint density at radius 2 is 2.00 bits per heavy atom. The van der Waals surface area contributed by atoms with Gasteiger partial charge >= 0.3 is 17.9 Å². The highest BCUT2D eigenvalue weighted by Gasteiger charge is 2.17. The van der Waals surface area contributed by atoms with E-state index in [1.54, 1.807) is 0 Å². The molecule has 0 fully saturated rings. The zero-order valence-electron chi connectivity index (χ0n) is 8.13. The first-order chi connectivity index (χ1) is 6.99. The smallest absolute Gasteiger partial charge is 0.349 e. The number of hydroxylamine groups is 2. The van der Waals surface area contributed by atoms with Crippen molar-refractivity contribution in [3.63, 3.8) is 0 Å². The van der Waals surface area contributed by atoms with Gasteiger partial charge in [-0.25, -0.2) is 4.79 Å². The molecule has 0 bridgehead atoms. The molecule has 0 aliphatic carbocycles. The highest BCUT2D eigenvalue weighted by molar-refractivity contribution is 5.81. The van der Waals surface area contributed by atoms with Crippen LogP contribution in [0, 0.1) is 0 Å². The summed E-state index contributed by atoms with van der Waals surface area (Å²) in [4.78, 5) is 36.4. The highest BCUT2D eigenvalue weighted by atomic mass is 16.7. The molecular formula is C8H11NO6. The third-order valence-corrected chi connectivity index (χ3v) is 1.23. The lowest BCUT2D eigenvalue weighted by molar-refractivity contribution is -0.192. The van der Waals surface area contributed by atoms with Crippen LogP contribution in [-0.2, 0) is 24.0 Å². The van der Waals surface area contributed by atoms with Gasteiger partial charge in [0.15, 0.2) is 0 Å². The fraction of sp³-hybridized carbons (Fsp3) is 0.375. The molecule has 0 saturated carbocycles. The summed E-state index contributed by atoms with van der Waals surface area (Å²) < 4.78 is 4.29. The Kier molecular flexibility index (Phi) is 5.72. The van der Waals surface area contributed by atoms with Crippen LogP contribution in [-0.4, -0.2) is 48.3 Å². The van der Waals surface area contributed by atoms with Crippen molar-refractivity contribution < 1.29 is 29.1 Å². The number of nitrogens with zero attached hydrogens (tertiary/aromatic N) is 1. The molecule has 84 valence electrons. The molecule has 0 aromatic rings. The molecule has 0 amide bonds. The quantitative estimate of drug-likeness (QED) is 0.353. The van der Waals surface area contributed by atoms with Gasteiger partial charge in [-0.1, -0.05) is 6.58 Å². The summed E-state index contributed by atoms with van der Waals surface area (Å²) in [7, 11) is 1.14. The Morgan fingerprint density at radius 3 is 2.40 bits per heavy atom. The number of hydrogen-bond donors (Lipinski definition) is 1. The first kappa shape index (κ1) is 13.1. The van der Waals surface area contributed by atoms with E-state index in [1.807, 2.05) is 0 Å². The minimum Gasteiger partial charge on any atom is -0.480 e. The van der Waals surface area contributed by atoms with E-state index in [2.05, 4.69) is 16.2 Å². The number of carbonyl (C=O) groups is 3. The van der Waals surface area contributed by atoms with Crippen LogP contribution in [0.15, 0.2) is 12.7 Å². The standard InChI is InChI=1S/C8H11NO6/c1-3-7(12)15-9(4-6(10)11)5-8(13)14-2/h3H,1,4-5H2,2H3,(H,10,11). The molecule has 0 atom stereocenters. The first-order valence-electron chi connectivity index (χ1n) is 3.87. The predicted octanol–water partition coefficient (Wildman–Crippen LogP) is -0.810. The number of methoxy groups -OCH3 is 1. The van der Waals surface area contributed by atoms with Crippen molar-refractivity contribution >= 4 is 17.9 Å². The summed E-state index contributed by atoms with van der Waals surface area (Å²) in [6.07, 6.45) is 0.853. The maximum atomic E-state index is 10.8. The van der Waals surface area contributed by atoms with Gasteiger partial charge in [-0.05, 0) is 0 Å². The lowest BCUT2D eigenvalue weighted by Crippen LogP contribution is -2.36. The van der Waals surface area contributed by atoms with Gasteiger partial charge in [0.2, 0.25) is 0 Å². The molecule has 7 nitrogen and oxygen atoms in total. The summed E-state index contributed by atoms with van der Waals surface area (Å²) in [5.41, 5.74) is 0. The summed E-state index contributed by atoms with van der Waals surface area (Å²) in [5.74, 6) is -2.80. The average Bonchev–Trinajstić information content (AvgIpc) is 2.16. The van der Waals surface area contributed by atoms with E-state index in [-0.39, 0.29) is 0 Å². The van der Waals surface area contributed by atoms with Gasteiger partial charge in [-0.2, -0.15) is 0 Å². The van der Waals surface area contributed by atoms with Gasteiger partial charge in [0.1, 0.15) is 13.1 Å². The Labute approximate surface area is 85.8 Å². The molecule has 0 aliphatic rings. The van der Waals surface area contributed by atoms with E-state index in [0.717, 1.165) is 13.2 Å². The Hall–Kier alpha value is -1.89. The maximum Gasteiger partial charge on any atom is 0.349 e. The van der Waals surface area contributed by atoms with Crippen molar-refractivity contribution in [1.29, 1.82) is 0 Å². The zero-order chi connectivity index (χ0) is 11.8. The lowest BCUT2D eigenvalue weighted by atomic mass is 10.5. The Morgan fingerprint density at radius 1 is 1.40 bits per heavy atom. The van der Waals surface area contributed by atoms with Gasteiger partial charge < -0.3 is 14.7 Å². The fourth-order valence-corrected chi connectivity index (χ4v) is 0.644. The molecule has 0 aromatic carbocycles. The van der Waals surface area contributed by atoms with Crippen molar-refractivity contribution in [2.45, 2.75) is 0 Å². The number of carboxylic acids is 1. The minimum absolute atomic E-state index is 0.456. The van der Waals surface area contributed by atoms with Gasteiger partial charge in [0.25, 0.3) is 0 Å². The SMILES string of the molecule is C=CC(=O)ON(CC(=O)O)CC(=O)OC. The van der Waals surface area contributed by atoms with Crippen LogP contribution in [0.25, 0.3) is 0 Å². The van der Waals surface area contributed by atoms with Crippen molar-refractivity contribution in [3.8, 4) is 0 Å². The van der Waals surface area contributed by atoms with Crippen LogP contribution >= 0.6 is 0 Å². The topological polar surface area (TPSA) is 93.1 Å². The van der Waals surface area contributed by atoms with E-state index in [0.29, 0.717) is 5.06 Å². The van der Waals surface area contributed by atoms with Crippen molar-refractivity contribution in [2.24, 2.45) is 0 Å². The fourth-order valence-electron chi connectivity index (χ4n) is 0.644. The largest absolute Gasteiger partial charge is 0.480 e. The summed E-state index contributed by atoms with van der Waals surface area (Å²) in [5, 5.41) is 9.11. The molecule has 0 radical (unpaired) electrons. The van der Waals surface area contributed by atoms with E-state index >= 15 is 0 Å². The number of hydrogen-bond acceptors (Lipinski definition) is 6. The summed E-state index contributed by atoms with van der Waals surface area (Å²) >= 11 is 0. The molecule has 1 N–H and O–H groups in total. The maximum absolute atomic E-state index is 10.8. The van der Waals surface area contributed by atoms with Crippen molar-refractivity contribution in [2.75, 3.05) is 20.2 Å². The zero-order valence-corrected chi connectivity index (χ0v) is 8.13. The minimum atomic E-state index is -1.24. The number of carbonyl (C=O) groups excluding carboxylic acids is 2. The van der Waals surface area contributed by atoms with Crippen LogP contribution in [0.4, 0.5) is 0 Å². The van der Waals surface area contributed by atoms with Crippen LogP contribution in [0.1, 0.15) is 0 Å². The van der Waals surface area contributed by atoms with Crippen LogP contribution in [0.5, 0.6) is 0 Å².